The minimum absolute atomic E-state index is 0.117. The Bertz CT molecular complexity index is 1270. The summed E-state index contributed by atoms with van der Waals surface area (Å²) in [7, 11) is 0. The van der Waals surface area contributed by atoms with Crippen molar-refractivity contribution in [3.05, 3.63) is 64.4 Å². The van der Waals surface area contributed by atoms with E-state index in [9.17, 15) is 9.59 Å². The molecule has 1 aliphatic carbocycles. The average molecular weight is 492 g/mol. The van der Waals surface area contributed by atoms with Crippen LogP contribution in [0.15, 0.2) is 58.5 Å². The number of amides is 1. The first-order valence-electron chi connectivity index (χ1n) is 12.4. The van der Waals surface area contributed by atoms with E-state index in [1.165, 1.54) is 24.6 Å². The van der Waals surface area contributed by atoms with Crippen LogP contribution in [0, 0.1) is 0 Å². The van der Waals surface area contributed by atoms with Gasteiger partial charge in [0.05, 0.1) is 17.4 Å². The standard InChI is InChI=1S/C27H30N4O3S/c1-3-4-17-35-27-28-25(33)24-22-11-7-8-12-23(22)30(18(2)32)26(31(24)29-27)19-13-15-21(16-14-19)34-20-9-5-6-10-20/h7-8,11-16,20,26H,3-6,9-10,17H2,1-2H3/p+1/t26-/m0/s1. The molecule has 1 fully saturated rings. The predicted octanol–water partition coefficient (Wildman–Crippen LogP) is 4.85. The normalized spacial score (nSPS) is 17.2. The van der Waals surface area contributed by atoms with Crippen LogP contribution in [0.3, 0.4) is 0 Å². The van der Waals surface area contributed by atoms with Crippen LogP contribution in [0.25, 0.3) is 11.3 Å². The first-order valence-corrected chi connectivity index (χ1v) is 13.4. The molecule has 0 radical (unpaired) electrons. The van der Waals surface area contributed by atoms with Crippen LogP contribution in [0.5, 0.6) is 5.75 Å². The third-order valence-electron chi connectivity index (χ3n) is 6.62. The van der Waals surface area contributed by atoms with Crippen LogP contribution in [0.1, 0.15) is 64.1 Å². The van der Waals surface area contributed by atoms with Crippen LogP contribution in [0.4, 0.5) is 5.69 Å². The largest absolute Gasteiger partial charge is 0.490 e. The highest BCUT2D eigenvalue weighted by molar-refractivity contribution is 7.99. The van der Waals surface area contributed by atoms with Gasteiger partial charge >= 0.3 is 11.3 Å². The Kier molecular flexibility index (Phi) is 6.90. The lowest BCUT2D eigenvalue weighted by Crippen LogP contribution is -2.60. The number of rotatable bonds is 7. The minimum atomic E-state index is -0.578. The molecule has 1 aliphatic heterocycles. The number of aromatic amines is 1. The van der Waals surface area contributed by atoms with Gasteiger partial charge in [0.15, 0.2) is 0 Å². The molecule has 1 amide bonds. The summed E-state index contributed by atoms with van der Waals surface area (Å²) < 4.78 is 7.86. The smallest absolute Gasteiger partial charge is 0.325 e. The summed E-state index contributed by atoms with van der Waals surface area (Å²) in [5, 5.41) is 5.40. The molecule has 35 heavy (non-hydrogen) atoms. The SMILES string of the molecule is CCCCSc1n[n+]2c(c(=O)[nH]1)-c1ccccc1N(C(C)=O)[C@@H]2c1ccc(OC2CCCC2)cc1. The van der Waals surface area contributed by atoms with E-state index >= 15 is 0 Å². The first kappa shape index (κ1) is 23.6. The van der Waals surface area contributed by atoms with Crippen molar-refractivity contribution < 1.29 is 14.2 Å². The van der Waals surface area contributed by atoms with E-state index in [0.29, 0.717) is 22.1 Å². The van der Waals surface area contributed by atoms with Crippen molar-refractivity contribution in [3.63, 3.8) is 0 Å². The molecule has 1 N–H and O–H groups in total. The number of carbonyl (C=O) groups is 1. The summed E-state index contributed by atoms with van der Waals surface area (Å²) in [4.78, 5) is 31.0. The molecule has 2 heterocycles. The zero-order chi connectivity index (χ0) is 24.4. The number of H-pyrrole nitrogens is 1. The van der Waals surface area contributed by atoms with E-state index < -0.39 is 6.17 Å². The Hall–Kier alpha value is -3.13. The van der Waals surface area contributed by atoms with Gasteiger partial charge in [0.25, 0.3) is 6.17 Å². The molecule has 0 spiro atoms. The number of fused-ring (bicyclic) bond motifs is 3. The zero-order valence-corrected chi connectivity index (χ0v) is 21.0. The third-order valence-corrected chi connectivity index (χ3v) is 7.57. The fourth-order valence-corrected chi connectivity index (χ4v) is 5.85. The number of thioether (sulfide) groups is 1. The van der Waals surface area contributed by atoms with Gasteiger partial charge in [0.1, 0.15) is 5.75 Å². The number of anilines is 1. The molecule has 5 rings (SSSR count). The summed E-state index contributed by atoms with van der Waals surface area (Å²) in [5.74, 6) is 1.57. The van der Waals surface area contributed by atoms with Crippen LogP contribution in [0.2, 0.25) is 0 Å². The third kappa shape index (κ3) is 4.72. The second-order valence-electron chi connectivity index (χ2n) is 9.13. The minimum Gasteiger partial charge on any atom is -0.490 e. The lowest BCUT2D eigenvalue weighted by Gasteiger charge is -2.31. The number of para-hydroxylation sites is 1. The number of hydrogen-bond acceptors (Lipinski definition) is 5. The van der Waals surface area contributed by atoms with Gasteiger partial charge in [-0.15, -0.1) is 0 Å². The van der Waals surface area contributed by atoms with Crippen molar-refractivity contribution in [2.75, 3.05) is 10.7 Å². The molecule has 1 atom stereocenters. The molecule has 7 nitrogen and oxygen atoms in total. The number of aromatic nitrogens is 3. The predicted molar refractivity (Wildman–Crippen MR) is 137 cm³/mol. The second-order valence-corrected chi connectivity index (χ2v) is 10.2. The summed E-state index contributed by atoms with van der Waals surface area (Å²) in [6, 6.07) is 15.4. The van der Waals surface area contributed by atoms with E-state index in [2.05, 4.69) is 11.9 Å². The second kappa shape index (κ2) is 10.2. The number of ether oxygens (including phenoxy) is 1. The van der Waals surface area contributed by atoms with E-state index in [0.717, 1.165) is 42.7 Å². The highest BCUT2D eigenvalue weighted by Crippen LogP contribution is 2.37. The highest BCUT2D eigenvalue weighted by atomic mass is 32.2. The Morgan fingerprint density at radius 1 is 1.17 bits per heavy atom. The molecule has 1 aromatic heterocycles. The lowest BCUT2D eigenvalue weighted by atomic mass is 10.0. The molecule has 2 aliphatic rings. The summed E-state index contributed by atoms with van der Waals surface area (Å²) in [6.07, 6.45) is 6.40. The van der Waals surface area contributed by atoms with E-state index in [4.69, 9.17) is 9.84 Å². The molecule has 1 saturated carbocycles. The Morgan fingerprint density at radius 3 is 2.63 bits per heavy atom. The number of unbranched alkanes of at least 4 members (excludes halogenated alkanes) is 1. The van der Waals surface area contributed by atoms with Crippen LogP contribution in [-0.4, -0.2) is 27.8 Å². The maximum atomic E-state index is 13.3. The number of benzene rings is 2. The van der Waals surface area contributed by atoms with Gasteiger partial charge in [-0.05, 0) is 73.2 Å². The van der Waals surface area contributed by atoms with Gasteiger partial charge in [-0.1, -0.05) is 37.2 Å². The number of hydrogen-bond donors (Lipinski definition) is 1. The number of nitrogens with one attached hydrogen (secondary N) is 1. The number of nitrogens with zero attached hydrogens (tertiary/aromatic N) is 3. The lowest BCUT2D eigenvalue weighted by molar-refractivity contribution is -0.763. The van der Waals surface area contributed by atoms with Crippen molar-refractivity contribution >= 4 is 23.4 Å². The average Bonchev–Trinajstić information content (AvgIpc) is 3.36. The van der Waals surface area contributed by atoms with Gasteiger partial charge in [0, 0.05) is 23.3 Å². The fraction of sp³-hybridized carbons (Fsp3) is 0.407. The molecule has 2 aromatic carbocycles. The van der Waals surface area contributed by atoms with Crippen molar-refractivity contribution in [1.82, 2.24) is 10.1 Å². The van der Waals surface area contributed by atoms with Crippen LogP contribution >= 0.6 is 11.8 Å². The zero-order valence-electron chi connectivity index (χ0n) is 20.2. The Balaban J connectivity index is 1.60. The Labute approximate surface area is 209 Å². The summed E-state index contributed by atoms with van der Waals surface area (Å²) in [6.45, 7) is 3.69. The van der Waals surface area contributed by atoms with Crippen molar-refractivity contribution in [3.8, 4) is 17.0 Å². The van der Waals surface area contributed by atoms with Crippen LogP contribution in [-0.2, 0) is 4.79 Å². The van der Waals surface area contributed by atoms with E-state index in [-0.39, 0.29) is 17.6 Å². The maximum Gasteiger partial charge on any atom is 0.325 e. The van der Waals surface area contributed by atoms with Crippen LogP contribution < -0.4 is 19.9 Å². The quantitative estimate of drug-likeness (QED) is 0.290. The summed E-state index contributed by atoms with van der Waals surface area (Å²) in [5.41, 5.74) is 2.51. The topological polar surface area (TPSA) is 79.2 Å². The van der Waals surface area contributed by atoms with Crippen molar-refractivity contribution in [1.29, 1.82) is 0 Å². The van der Waals surface area contributed by atoms with Gasteiger partial charge < -0.3 is 4.74 Å². The van der Waals surface area contributed by atoms with Crippen molar-refractivity contribution in [2.45, 2.75) is 69.8 Å². The monoisotopic (exact) mass is 491 g/mol. The molecule has 8 heteroatoms. The molecule has 3 aromatic rings. The van der Waals surface area contributed by atoms with Crippen molar-refractivity contribution in [2.24, 2.45) is 0 Å². The highest BCUT2D eigenvalue weighted by Gasteiger charge is 2.44. The number of carbonyl (C=O) groups excluding carboxylic acids is 1. The summed E-state index contributed by atoms with van der Waals surface area (Å²) >= 11 is 1.53. The molecular formula is C27H31N4O3S+. The van der Waals surface area contributed by atoms with E-state index in [1.54, 1.807) is 16.5 Å². The van der Waals surface area contributed by atoms with Gasteiger partial charge in [-0.25, -0.2) is 4.90 Å². The Morgan fingerprint density at radius 2 is 1.91 bits per heavy atom. The molecule has 0 saturated heterocycles. The first-order chi connectivity index (χ1) is 17.1. The van der Waals surface area contributed by atoms with Gasteiger partial charge in [-0.2, -0.15) is 0 Å². The van der Waals surface area contributed by atoms with E-state index in [1.807, 2.05) is 48.5 Å². The molecule has 182 valence electrons. The molecule has 0 unspecified atom stereocenters. The maximum absolute atomic E-state index is 13.3. The molecular weight excluding hydrogens is 460 g/mol. The molecule has 0 bridgehead atoms. The fourth-order valence-electron chi connectivity index (χ4n) is 4.91. The van der Waals surface area contributed by atoms with Gasteiger partial charge in [-0.3, -0.25) is 14.6 Å². The van der Waals surface area contributed by atoms with Gasteiger partial charge in [0.2, 0.25) is 11.1 Å².